The Hall–Kier alpha value is -1.01. The molecular formula is C12H16N4S2. The number of nitrogens with one attached hydrogen (secondary N) is 2. The Balaban J connectivity index is 1.82. The van der Waals surface area contributed by atoms with Crippen LogP contribution in [-0.4, -0.2) is 34.6 Å². The van der Waals surface area contributed by atoms with Gasteiger partial charge in [-0.3, -0.25) is 0 Å². The van der Waals surface area contributed by atoms with Gasteiger partial charge in [-0.25, -0.2) is 4.98 Å². The number of thiophene rings is 1. The van der Waals surface area contributed by atoms with Gasteiger partial charge < -0.3 is 10.6 Å². The molecule has 1 aliphatic rings. The molecule has 4 nitrogen and oxygen atoms in total. The summed E-state index contributed by atoms with van der Waals surface area (Å²) in [6.07, 6.45) is 2.66. The number of nitrogens with zero attached hydrogens (tertiary/aromatic N) is 2. The van der Waals surface area contributed by atoms with Gasteiger partial charge in [0.05, 0.1) is 5.39 Å². The van der Waals surface area contributed by atoms with Gasteiger partial charge in [0.2, 0.25) is 5.95 Å². The topological polar surface area (TPSA) is 49.8 Å². The van der Waals surface area contributed by atoms with E-state index in [1.807, 2.05) is 7.05 Å². The first kappa shape index (κ1) is 12.0. The monoisotopic (exact) mass is 280 g/mol. The maximum Gasteiger partial charge on any atom is 0.225 e. The highest BCUT2D eigenvalue weighted by atomic mass is 32.2. The van der Waals surface area contributed by atoms with Crippen LogP contribution in [0.25, 0.3) is 10.2 Å². The SMILES string of the molecule is CNc1nc(NCC2CCCS2)c2ccsc2n1. The second-order valence-corrected chi connectivity index (χ2v) is 6.60. The lowest BCUT2D eigenvalue weighted by Crippen LogP contribution is -2.15. The fourth-order valence-corrected chi connectivity index (χ4v) is 4.08. The molecular weight excluding hydrogens is 264 g/mol. The summed E-state index contributed by atoms with van der Waals surface area (Å²) in [6, 6.07) is 2.09. The van der Waals surface area contributed by atoms with E-state index < -0.39 is 0 Å². The third-order valence-electron chi connectivity index (χ3n) is 3.07. The molecule has 3 heterocycles. The molecule has 0 aliphatic carbocycles. The number of thioether (sulfide) groups is 1. The summed E-state index contributed by atoms with van der Waals surface area (Å²) in [7, 11) is 1.85. The van der Waals surface area contributed by atoms with Gasteiger partial charge in [-0.2, -0.15) is 16.7 Å². The average molecular weight is 280 g/mol. The summed E-state index contributed by atoms with van der Waals surface area (Å²) < 4.78 is 0. The highest BCUT2D eigenvalue weighted by molar-refractivity contribution is 8.00. The van der Waals surface area contributed by atoms with Crippen LogP contribution in [0.2, 0.25) is 0 Å². The van der Waals surface area contributed by atoms with Crippen molar-refractivity contribution in [1.82, 2.24) is 9.97 Å². The predicted molar refractivity (Wildman–Crippen MR) is 80.9 cm³/mol. The molecule has 0 bridgehead atoms. The quantitative estimate of drug-likeness (QED) is 0.901. The van der Waals surface area contributed by atoms with E-state index >= 15 is 0 Å². The van der Waals surface area contributed by atoms with E-state index in [4.69, 9.17) is 0 Å². The first-order valence-corrected chi connectivity index (χ1v) is 8.08. The highest BCUT2D eigenvalue weighted by Gasteiger charge is 2.16. The van der Waals surface area contributed by atoms with Crippen LogP contribution in [0.3, 0.4) is 0 Å². The number of hydrogen-bond donors (Lipinski definition) is 2. The van der Waals surface area contributed by atoms with Crippen LogP contribution in [0.15, 0.2) is 11.4 Å². The van der Waals surface area contributed by atoms with E-state index in [1.165, 1.54) is 18.6 Å². The Kier molecular flexibility index (Phi) is 3.56. The fourth-order valence-electron chi connectivity index (χ4n) is 2.12. The molecule has 0 amide bonds. The maximum absolute atomic E-state index is 4.52. The largest absolute Gasteiger partial charge is 0.368 e. The van der Waals surface area contributed by atoms with Crippen molar-refractivity contribution in [3.05, 3.63) is 11.4 Å². The smallest absolute Gasteiger partial charge is 0.225 e. The van der Waals surface area contributed by atoms with Gasteiger partial charge in [0.1, 0.15) is 10.6 Å². The van der Waals surface area contributed by atoms with Crippen molar-refractivity contribution in [1.29, 1.82) is 0 Å². The zero-order chi connectivity index (χ0) is 12.4. The standard InChI is InChI=1S/C12H16N4S2/c1-13-12-15-10(9-4-6-18-11(9)16-12)14-7-8-3-2-5-17-8/h4,6,8H,2-3,5,7H2,1H3,(H2,13,14,15,16). The molecule has 18 heavy (non-hydrogen) atoms. The van der Waals surface area contributed by atoms with E-state index in [2.05, 4.69) is 43.8 Å². The van der Waals surface area contributed by atoms with Crippen molar-refractivity contribution in [3.8, 4) is 0 Å². The second kappa shape index (κ2) is 5.32. The van der Waals surface area contributed by atoms with Crippen LogP contribution >= 0.6 is 23.1 Å². The molecule has 2 aromatic heterocycles. The molecule has 0 spiro atoms. The van der Waals surface area contributed by atoms with Crippen LogP contribution in [0.5, 0.6) is 0 Å². The lowest BCUT2D eigenvalue weighted by Gasteiger charge is -2.12. The third kappa shape index (κ3) is 2.40. The van der Waals surface area contributed by atoms with Gasteiger partial charge in [-0.15, -0.1) is 11.3 Å². The third-order valence-corrected chi connectivity index (χ3v) is 5.27. The van der Waals surface area contributed by atoms with Crippen LogP contribution in [-0.2, 0) is 0 Å². The maximum atomic E-state index is 4.52. The Morgan fingerprint density at radius 2 is 2.39 bits per heavy atom. The van der Waals surface area contributed by atoms with E-state index in [0.29, 0.717) is 5.95 Å². The van der Waals surface area contributed by atoms with Gasteiger partial charge in [0.25, 0.3) is 0 Å². The van der Waals surface area contributed by atoms with Gasteiger partial charge in [-0.1, -0.05) is 0 Å². The molecule has 6 heteroatoms. The number of fused-ring (bicyclic) bond motifs is 1. The molecule has 96 valence electrons. The zero-order valence-electron chi connectivity index (χ0n) is 10.3. The van der Waals surface area contributed by atoms with Crippen molar-refractivity contribution < 1.29 is 0 Å². The van der Waals surface area contributed by atoms with Gasteiger partial charge in [0, 0.05) is 18.8 Å². The van der Waals surface area contributed by atoms with Crippen LogP contribution < -0.4 is 10.6 Å². The molecule has 1 fully saturated rings. The summed E-state index contributed by atoms with van der Waals surface area (Å²) in [4.78, 5) is 10.00. The summed E-state index contributed by atoms with van der Waals surface area (Å²) in [5, 5.41) is 10.4. The molecule has 1 aliphatic heterocycles. The van der Waals surface area contributed by atoms with E-state index in [-0.39, 0.29) is 0 Å². The van der Waals surface area contributed by atoms with Gasteiger partial charge >= 0.3 is 0 Å². The summed E-state index contributed by atoms with van der Waals surface area (Å²) in [5.41, 5.74) is 0. The number of rotatable bonds is 4. The minimum atomic E-state index is 0.687. The fraction of sp³-hybridized carbons (Fsp3) is 0.500. The van der Waals surface area contributed by atoms with E-state index in [1.54, 1.807) is 11.3 Å². The first-order chi connectivity index (χ1) is 8.86. The molecule has 0 saturated carbocycles. The lowest BCUT2D eigenvalue weighted by atomic mass is 10.2. The molecule has 2 aromatic rings. The molecule has 0 radical (unpaired) electrons. The summed E-state index contributed by atoms with van der Waals surface area (Å²) in [6.45, 7) is 0.996. The Morgan fingerprint density at radius 1 is 1.44 bits per heavy atom. The summed E-state index contributed by atoms with van der Waals surface area (Å²) >= 11 is 3.71. The minimum Gasteiger partial charge on any atom is -0.368 e. The number of aromatic nitrogens is 2. The lowest BCUT2D eigenvalue weighted by molar-refractivity contribution is 0.804. The molecule has 1 saturated heterocycles. The minimum absolute atomic E-state index is 0.687. The van der Waals surface area contributed by atoms with E-state index in [0.717, 1.165) is 27.8 Å². The molecule has 3 rings (SSSR count). The van der Waals surface area contributed by atoms with Crippen molar-refractivity contribution in [2.75, 3.05) is 30.0 Å². The number of hydrogen-bond acceptors (Lipinski definition) is 6. The molecule has 2 N–H and O–H groups in total. The average Bonchev–Trinajstić information content (AvgIpc) is 3.06. The Labute approximate surface area is 115 Å². The molecule has 1 atom stereocenters. The predicted octanol–water partition coefficient (Wildman–Crippen LogP) is 3.04. The van der Waals surface area contributed by atoms with Crippen molar-refractivity contribution in [3.63, 3.8) is 0 Å². The molecule has 1 unspecified atom stereocenters. The Morgan fingerprint density at radius 3 is 3.17 bits per heavy atom. The summed E-state index contributed by atoms with van der Waals surface area (Å²) in [5.74, 6) is 2.94. The zero-order valence-corrected chi connectivity index (χ0v) is 11.9. The van der Waals surface area contributed by atoms with Crippen molar-refractivity contribution >= 4 is 45.1 Å². The van der Waals surface area contributed by atoms with Gasteiger partial charge in [-0.05, 0) is 30.0 Å². The van der Waals surface area contributed by atoms with Crippen molar-refractivity contribution in [2.24, 2.45) is 0 Å². The molecule has 0 aromatic carbocycles. The normalized spacial score (nSPS) is 19.3. The van der Waals surface area contributed by atoms with Crippen LogP contribution in [0.4, 0.5) is 11.8 Å². The van der Waals surface area contributed by atoms with Crippen LogP contribution in [0.1, 0.15) is 12.8 Å². The number of anilines is 2. The highest BCUT2D eigenvalue weighted by Crippen LogP contribution is 2.29. The second-order valence-electron chi connectivity index (χ2n) is 4.30. The van der Waals surface area contributed by atoms with Gasteiger partial charge in [0.15, 0.2) is 0 Å². The van der Waals surface area contributed by atoms with E-state index in [9.17, 15) is 0 Å². The Bertz CT molecular complexity index is 534. The first-order valence-electron chi connectivity index (χ1n) is 6.15. The van der Waals surface area contributed by atoms with Crippen molar-refractivity contribution in [2.45, 2.75) is 18.1 Å². The van der Waals surface area contributed by atoms with Crippen LogP contribution in [0, 0.1) is 0 Å².